The molecule has 0 spiro atoms. The Morgan fingerprint density at radius 1 is 1.23 bits per heavy atom. The number of benzene rings is 1. The van der Waals surface area contributed by atoms with Gasteiger partial charge in [0.05, 0.1) is 15.9 Å². The van der Waals surface area contributed by atoms with Crippen molar-refractivity contribution in [2.24, 2.45) is 5.41 Å². The van der Waals surface area contributed by atoms with Crippen LogP contribution in [0.25, 0.3) is 15.3 Å². The van der Waals surface area contributed by atoms with E-state index in [1.54, 1.807) is 11.3 Å². The molecular weight excluding hydrogens is 290 g/mol. The molecule has 0 N–H and O–H groups in total. The number of hydrogen-bond acceptors (Lipinski definition) is 3. The lowest BCUT2D eigenvalue weighted by Gasteiger charge is -2.34. The van der Waals surface area contributed by atoms with Crippen LogP contribution in [-0.2, 0) is 5.41 Å². The summed E-state index contributed by atoms with van der Waals surface area (Å²) in [5.41, 5.74) is 4.38. The third kappa shape index (κ3) is 1.33. The van der Waals surface area contributed by atoms with Crippen molar-refractivity contribution in [3.8, 4) is 5.13 Å². The maximum absolute atomic E-state index is 4.97. The Kier molecular flexibility index (Phi) is 2.21. The molecule has 0 saturated heterocycles. The Balaban J connectivity index is 1.67. The molecule has 1 aromatic carbocycles. The molecule has 2 atom stereocenters. The highest BCUT2D eigenvalue weighted by Crippen LogP contribution is 2.67. The molecule has 3 aromatic rings. The van der Waals surface area contributed by atoms with Gasteiger partial charge in [-0.05, 0) is 41.9 Å². The van der Waals surface area contributed by atoms with Crippen molar-refractivity contribution in [3.63, 3.8) is 0 Å². The monoisotopic (exact) mass is 309 g/mol. The highest BCUT2D eigenvalue weighted by Gasteiger charge is 2.61. The number of nitrogens with zero attached hydrogens (tertiary/aromatic N) is 3. The second-order valence-electron chi connectivity index (χ2n) is 7.49. The molecule has 112 valence electrons. The SMILES string of the molecule is CC1(C)[C@@H]2CC[C@]1(C)c1nn(-c3nc4ccccc4s3)cc12. The summed E-state index contributed by atoms with van der Waals surface area (Å²) in [4.78, 5) is 4.74. The normalized spacial score (nSPS) is 28.4. The second-order valence-corrected chi connectivity index (χ2v) is 8.50. The van der Waals surface area contributed by atoms with E-state index in [-0.39, 0.29) is 5.41 Å². The minimum Gasteiger partial charge on any atom is -0.218 e. The van der Waals surface area contributed by atoms with E-state index in [9.17, 15) is 0 Å². The van der Waals surface area contributed by atoms with Crippen LogP contribution in [0.5, 0.6) is 0 Å². The zero-order valence-electron chi connectivity index (χ0n) is 13.1. The number of aromatic nitrogens is 3. The van der Waals surface area contributed by atoms with Gasteiger partial charge in [0.25, 0.3) is 0 Å². The van der Waals surface area contributed by atoms with E-state index in [4.69, 9.17) is 10.1 Å². The van der Waals surface area contributed by atoms with Crippen LogP contribution in [-0.4, -0.2) is 14.8 Å². The van der Waals surface area contributed by atoms with Gasteiger partial charge < -0.3 is 0 Å². The van der Waals surface area contributed by atoms with Crippen LogP contribution in [0.15, 0.2) is 30.5 Å². The van der Waals surface area contributed by atoms with Crippen LogP contribution in [0.2, 0.25) is 0 Å². The van der Waals surface area contributed by atoms with Crippen LogP contribution in [0.3, 0.4) is 0 Å². The van der Waals surface area contributed by atoms with E-state index >= 15 is 0 Å². The topological polar surface area (TPSA) is 30.7 Å². The van der Waals surface area contributed by atoms with Crippen molar-refractivity contribution in [3.05, 3.63) is 41.7 Å². The van der Waals surface area contributed by atoms with E-state index in [2.05, 4.69) is 45.2 Å². The maximum Gasteiger partial charge on any atom is 0.211 e. The Morgan fingerprint density at radius 3 is 2.82 bits per heavy atom. The largest absolute Gasteiger partial charge is 0.218 e. The molecule has 1 fully saturated rings. The molecule has 22 heavy (non-hydrogen) atoms. The smallest absolute Gasteiger partial charge is 0.211 e. The summed E-state index contributed by atoms with van der Waals surface area (Å²) < 4.78 is 3.24. The molecule has 1 saturated carbocycles. The van der Waals surface area contributed by atoms with Gasteiger partial charge >= 0.3 is 0 Å². The van der Waals surface area contributed by atoms with Crippen molar-refractivity contribution < 1.29 is 0 Å². The first-order chi connectivity index (χ1) is 10.5. The molecule has 0 aliphatic heterocycles. The van der Waals surface area contributed by atoms with E-state index in [1.165, 1.54) is 28.8 Å². The lowest BCUT2D eigenvalue weighted by molar-refractivity contribution is 0.224. The molecule has 0 amide bonds. The van der Waals surface area contributed by atoms with Crippen molar-refractivity contribution in [2.45, 2.75) is 44.9 Å². The van der Waals surface area contributed by atoms with Gasteiger partial charge in [-0.2, -0.15) is 5.10 Å². The molecular formula is C18H19N3S. The number of para-hydroxylation sites is 1. The standard InChI is InChI=1S/C18H19N3S/c1-17(2)12-8-9-18(17,3)15-11(12)10-21(20-15)16-19-13-6-4-5-7-14(13)22-16/h4-7,10,12H,8-9H2,1-3H3/t12-,18-/m1/s1. The highest BCUT2D eigenvalue weighted by atomic mass is 32.1. The molecule has 2 bridgehead atoms. The minimum absolute atomic E-state index is 0.217. The van der Waals surface area contributed by atoms with Gasteiger partial charge in [-0.3, -0.25) is 0 Å². The fourth-order valence-corrected chi connectivity index (χ4v) is 5.49. The van der Waals surface area contributed by atoms with E-state index in [0.29, 0.717) is 11.3 Å². The molecule has 2 heterocycles. The summed E-state index contributed by atoms with van der Waals surface area (Å²) in [6, 6.07) is 8.30. The molecule has 0 unspecified atom stereocenters. The van der Waals surface area contributed by atoms with Gasteiger partial charge in [0.1, 0.15) is 0 Å². The Bertz CT molecular complexity index is 871. The number of thiazole rings is 1. The van der Waals surface area contributed by atoms with Crippen molar-refractivity contribution in [1.82, 2.24) is 14.8 Å². The fourth-order valence-electron chi connectivity index (χ4n) is 4.60. The molecule has 2 aliphatic rings. The lowest BCUT2D eigenvalue weighted by atomic mass is 9.70. The van der Waals surface area contributed by atoms with Crippen molar-refractivity contribution in [1.29, 1.82) is 0 Å². The first-order valence-corrected chi connectivity index (χ1v) is 8.78. The average molecular weight is 309 g/mol. The van der Waals surface area contributed by atoms with Gasteiger partial charge in [0.15, 0.2) is 0 Å². The summed E-state index contributed by atoms with van der Waals surface area (Å²) in [6.07, 6.45) is 4.79. The number of hydrogen-bond donors (Lipinski definition) is 0. The highest BCUT2D eigenvalue weighted by molar-refractivity contribution is 7.20. The summed E-state index contributed by atoms with van der Waals surface area (Å²) in [7, 11) is 0. The quantitative estimate of drug-likeness (QED) is 0.654. The fraction of sp³-hybridized carbons (Fsp3) is 0.444. The Morgan fingerprint density at radius 2 is 2.05 bits per heavy atom. The second kappa shape index (κ2) is 3.80. The molecule has 5 rings (SSSR count). The average Bonchev–Trinajstić information content (AvgIpc) is 3.18. The molecule has 2 aliphatic carbocycles. The predicted octanol–water partition coefficient (Wildman–Crippen LogP) is 4.66. The van der Waals surface area contributed by atoms with Gasteiger partial charge in [-0.1, -0.05) is 44.2 Å². The Labute approximate surface area is 134 Å². The van der Waals surface area contributed by atoms with Crippen LogP contribution < -0.4 is 0 Å². The van der Waals surface area contributed by atoms with Gasteiger partial charge in [-0.15, -0.1) is 0 Å². The van der Waals surface area contributed by atoms with Gasteiger partial charge in [0.2, 0.25) is 5.13 Å². The minimum atomic E-state index is 0.217. The maximum atomic E-state index is 4.97. The first kappa shape index (κ1) is 12.8. The predicted molar refractivity (Wildman–Crippen MR) is 89.9 cm³/mol. The van der Waals surface area contributed by atoms with E-state index in [0.717, 1.165) is 10.6 Å². The lowest BCUT2D eigenvalue weighted by Crippen LogP contribution is -2.32. The zero-order chi connectivity index (χ0) is 15.1. The Hall–Kier alpha value is -1.68. The van der Waals surface area contributed by atoms with E-state index < -0.39 is 0 Å². The zero-order valence-corrected chi connectivity index (χ0v) is 13.9. The van der Waals surface area contributed by atoms with E-state index in [1.807, 2.05) is 10.7 Å². The molecule has 0 radical (unpaired) electrons. The summed E-state index contributed by atoms with van der Waals surface area (Å²) >= 11 is 1.72. The van der Waals surface area contributed by atoms with Gasteiger partial charge in [-0.25, -0.2) is 9.67 Å². The van der Waals surface area contributed by atoms with Crippen LogP contribution >= 0.6 is 11.3 Å². The third-order valence-electron chi connectivity index (χ3n) is 6.35. The van der Waals surface area contributed by atoms with Crippen molar-refractivity contribution >= 4 is 21.6 Å². The number of fused-ring (bicyclic) bond motifs is 6. The van der Waals surface area contributed by atoms with Crippen LogP contribution in [0.4, 0.5) is 0 Å². The summed E-state index contributed by atoms with van der Waals surface area (Å²) in [6.45, 7) is 7.22. The van der Waals surface area contributed by atoms with Gasteiger partial charge in [0, 0.05) is 11.6 Å². The summed E-state index contributed by atoms with van der Waals surface area (Å²) in [5.74, 6) is 0.649. The van der Waals surface area contributed by atoms with Crippen LogP contribution in [0.1, 0.15) is 50.8 Å². The molecule has 4 heteroatoms. The molecule has 3 nitrogen and oxygen atoms in total. The van der Waals surface area contributed by atoms with Crippen LogP contribution in [0, 0.1) is 5.41 Å². The first-order valence-electron chi connectivity index (χ1n) is 7.97. The summed E-state index contributed by atoms with van der Waals surface area (Å²) in [5, 5.41) is 5.95. The molecule has 2 aromatic heterocycles. The third-order valence-corrected chi connectivity index (χ3v) is 7.37. The van der Waals surface area contributed by atoms with Crippen molar-refractivity contribution in [2.75, 3.05) is 0 Å². The number of rotatable bonds is 1.